The molecule has 7 aromatic rings. The molecular weight excluding hydrogens is 412 g/mol. The molecule has 1 aliphatic rings. The van der Waals surface area contributed by atoms with Crippen LogP contribution in [0.1, 0.15) is 42.7 Å². The van der Waals surface area contributed by atoms with Gasteiger partial charge in [0.15, 0.2) is 6.20 Å². The van der Waals surface area contributed by atoms with Gasteiger partial charge in [0, 0.05) is 16.8 Å². The van der Waals surface area contributed by atoms with Gasteiger partial charge in [-0.15, -0.1) is 0 Å². The van der Waals surface area contributed by atoms with Crippen molar-refractivity contribution in [3.63, 3.8) is 0 Å². The number of hydrogen-bond acceptors (Lipinski definition) is 0. The Morgan fingerprint density at radius 1 is 0.765 bits per heavy atom. The van der Waals surface area contributed by atoms with E-state index in [0.717, 1.165) is 0 Å². The fraction of sp³-hybridized carbons (Fsp3) is 0.219. The van der Waals surface area contributed by atoms with Crippen molar-refractivity contribution in [3.8, 4) is 0 Å². The van der Waals surface area contributed by atoms with Crippen molar-refractivity contribution in [2.24, 2.45) is 7.05 Å². The first-order valence-electron chi connectivity index (χ1n) is 12.6. The first kappa shape index (κ1) is 18.7. The van der Waals surface area contributed by atoms with E-state index in [1.165, 1.54) is 96.6 Å². The molecule has 0 atom stereocenters. The predicted molar refractivity (Wildman–Crippen MR) is 143 cm³/mol. The summed E-state index contributed by atoms with van der Waals surface area (Å²) >= 11 is 0. The van der Waals surface area contributed by atoms with Crippen molar-refractivity contribution in [2.75, 3.05) is 0 Å². The predicted octanol–water partition coefficient (Wildman–Crippen LogP) is 7.93. The SMILES string of the molecule is Cc1c2ccccc2c2c3ccccc3n3c4cc(C5CCCC5)cc5cc[n+](C)c(c1c23)c54. The lowest BCUT2D eigenvalue weighted by Gasteiger charge is -2.17. The zero-order valence-corrected chi connectivity index (χ0v) is 19.7. The van der Waals surface area contributed by atoms with Crippen LogP contribution in [-0.2, 0) is 7.05 Å². The number of aromatic nitrogens is 2. The molecule has 3 heterocycles. The van der Waals surface area contributed by atoms with Gasteiger partial charge >= 0.3 is 0 Å². The monoisotopic (exact) mass is 439 g/mol. The molecule has 4 aromatic carbocycles. The third kappa shape index (κ3) is 2.19. The highest BCUT2D eigenvalue weighted by molar-refractivity contribution is 6.32. The second-order valence-electron chi connectivity index (χ2n) is 10.4. The lowest BCUT2D eigenvalue weighted by molar-refractivity contribution is -0.643. The molecule has 0 amide bonds. The summed E-state index contributed by atoms with van der Waals surface area (Å²) in [5.74, 6) is 0.690. The molecule has 0 unspecified atom stereocenters. The Labute approximate surface area is 198 Å². The van der Waals surface area contributed by atoms with E-state index < -0.39 is 0 Å². The number of nitrogens with zero attached hydrogens (tertiary/aromatic N) is 2. The molecule has 3 aromatic heterocycles. The lowest BCUT2D eigenvalue weighted by Crippen LogP contribution is -2.29. The molecule has 1 aliphatic carbocycles. The zero-order chi connectivity index (χ0) is 22.6. The Balaban J connectivity index is 1.76. The quantitative estimate of drug-likeness (QED) is 0.139. The number of pyridine rings is 2. The van der Waals surface area contributed by atoms with Gasteiger partial charge in [-0.05, 0) is 65.1 Å². The van der Waals surface area contributed by atoms with Crippen LogP contribution in [0.2, 0.25) is 0 Å². The van der Waals surface area contributed by atoms with E-state index in [0.29, 0.717) is 5.92 Å². The summed E-state index contributed by atoms with van der Waals surface area (Å²) in [4.78, 5) is 0. The molecule has 2 heteroatoms. The summed E-state index contributed by atoms with van der Waals surface area (Å²) in [5.41, 5.74) is 8.30. The van der Waals surface area contributed by atoms with Gasteiger partial charge in [0.2, 0.25) is 5.52 Å². The highest BCUT2D eigenvalue weighted by Gasteiger charge is 2.27. The number of benzene rings is 4. The van der Waals surface area contributed by atoms with Gasteiger partial charge in [0.25, 0.3) is 0 Å². The standard InChI is InChI=1S/C32H27N2/c1-19-23-11-5-6-12-24(23)30-25-13-7-8-14-26(25)34-27-18-22(20-9-3-4-10-20)17-21-15-16-33(2)31(29(21)27)28(19)32(30)34/h5-8,11-18,20H,3-4,9-10H2,1-2H3/q+1. The fourth-order valence-electron chi connectivity index (χ4n) is 7.11. The van der Waals surface area contributed by atoms with Gasteiger partial charge in [0.05, 0.1) is 27.3 Å². The maximum Gasteiger partial charge on any atom is 0.224 e. The van der Waals surface area contributed by atoms with Crippen LogP contribution in [0.15, 0.2) is 72.9 Å². The second kappa shape index (κ2) is 6.48. The summed E-state index contributed by atoms with van der Waals surface area (Å²) in [5, 5.41) is 9.61. The summed E-state index contributed by atoms with van der Waals surface area (Å²) in [7, 11) is 2.21. The molecule has 34 heavy (non-hydrogen) atoms. The van der Waals surface area contributed by atoms with E-state index in [2.05, 4.69) is 95.9 Å². The molecule has 0 radical (unpaired) electrons. The van der Waals surface area contributed by atoms with E-state index in [1.807, 2.05) is 0 Å². The molecule has 0 spiro atoms. The number of rotatable bonds is 1. The number of fused-ring (bicyclic) bond motifs is 7. The van der Waals surface area contributed by atoms with E-state index in [1.54, 1.807) is 0 Å². The van der Waals surface area contributed by atoms with Crippen molar-refractivity contribution in [1.29, 1.82) is 0 Å². The minimum Gasteiger partial charge on any atom is -0.307 e. The highest BCUT2D eigenvalue weighted by Crippen LogP contribution is 2.46. The summed E-state index contributed by atoms with van der Waals surface area (Å²) in [6.45, 7) is 2.32. The van der Waals surface area contributed by atoms with Gasteiger partial charge in [-0.2, -0.15) is 0 Å². The van der Waals surface area contributed by atoms with Gasteiger partial charge in [-0.1, -0.05) is 61.4 Å². The van der Waals surface area contributed by atoms with Crippen molar-refractivity contribution in [1.82, 2.24) is 4.40 Å². The van der Waals surface area contributed by atoms with Crippen LogP contribution in [0, 0.1) is 6.92 Å². The van der Waals surface area contributed by atoms with Crippen molar-refractivity contribution in [2.45, 2.75) is 38.5 Å². The smallest absolute Gasteiger partial charge is 0.224 e. The van der Waals surface area contributed by atoms with Crippen molar-refractivity contribution in [3.05, 3.63) is 84.1 Å². The lowest BCUT2D eigenvalue weighted by atomic mass is 9.91. The third-order valence-corrected chi connectivity index (χ3v) is 8.63. The van der Waals surface area contributed by atoms with E-state index in [-0.39, 0.29) is 0 Å². The van der Waals surface area contributed by atoms with Crippen molar-refractivity contribution < 1.29 is 4.57 Å². The first-order valence-corrected chi connectivity index (χ1v) is 12.6. The Kier molecular flexibility index (Phi) is 3.57. The Morgan fingerprint density at radius 2 is 1.50 bits per heavy atom. The molecule has 0 bridgehead atoms. The van der Waals surface area contributed by atoms with Gasteiger partial charge < -0.3 is 4.40 Å². The summed E-state index contributed by atoms with van der Waals surface area (Å²) in [6.07, 6.45) is 7.62. The van der Waals surface area contributed by atoms with Crippen LogP contribution in [0.3, 0.4) is 0 Å². The molecule has 164 valence electrons. The maximum absolute atomic E-state index is 2.59. The average Bonchev–Trinajstić information content (AvgIpc) is 3.52. The minimum atomic E-state index is 0.690. The number of aryl methyl sites for hydroxylation is 2. The van der Waals surface area contributed by atoms with Crippen LogP contribution >= 0.6 is 0 Å². The molecular formula is C32H27N2+. The van der Waals surface area contributed by atoms with Crippen LogP contribution in [0.4, 0.5) is 0 Å². The molecule has 0 aliphatic heterocycles. The van der Waals surface area contributed by atoms with Gasteiger partial charge in [-0.3, -0.25) is 0 Å². The van der Waals surface area contributed by atoms with Gasteiger partial charge in [0.1, 0.15) is 7.05 Å². The maximum atomic E-state index is 2.59. The third-order valence-electron chi connectivity index (χ3n) is 8.63. The Hall–Kier alpha value is -3.65. The molecule has 1 fully saturated rings. The average molecular weight is 440 g/mol. The second-order valence-corrected chi connectivity index (χ2v) is 10.4. The summed E-state index contributed by atoms with van der Waals surface area (Å²) < 4.78 is 4.94. The number of hydrogen-bond donors (Lipinski definition) is 0. The van der Waals surface area contributed by atoms with Crippen LogP contribution in [-0.4, -0.2) is 4.40 Å². The summed E-state index contributed by atoms with van der Waals surface area (Å²) in [6, 6.07) is 25.3. The minimum absolute atomic E-state index is 0.690. The molecule has 1 saturated carbocycles. The van der Waals surface area contributed by atoms with E-state index in [4.69, 9.17) is 0 Å². The van der Waals surface area contributed by atoms with Crippen LogP contribution < -0.4 is 4.57 Å². The van der Waals surface area contributed by atoms with E-state index >= 15 is 0 Å². The largest absolute Gasteiger partial charge is 0.307 e. The zero-order valence-electron chi connectivity index (χ0n) is 19.7. The highest BCUT2D eigenvalue weighted by atomic mass is 15.0. The molecule has 8 rings (SSSR count). The first-order chi connectivity index (χ1) is 16.7. The van der Waals surface area contributed by atoms with E-state index in [9.17, 15) is 0 Å². The Morgan fingerprint density at radius 3 is 2.32 bits per heavy atom. The van der Waals surface area contributed by atoms with Crippen molar-refractivity contribution >= 4 is 59.8 Å². The number of para-hydroxylation sites is 1. The van der Waals surface area contributed by atoms with Crippen LogP contribution in [0.25, 0.3) is 59.8 Å². The van der Waals surface area contributed by atoms with Crippen LogP contribution in [0.5, 0.6) is 0 Å². The van der Waals surface area contributed by atoms with Gasteiger partial charge in [-0.25, -0.2) is 4.57 Å². The topological polar surface area (TPSA) is 8.29 Å². The molecule has 2 nitrogen and oxygen atoms in total. The fourth-order valence-corrected chi connectivity index (χ4v) is 7.11. The molecule has 0 saturated heterocycles. The Bertz CT molecular complexity index is 1930. The molecule has 0 N–H and O–H groups in total. The normalized spacial score (nSPS) is 15.4.